The summed E-state index contributed by atoms with van der Waals surface area (Å²) >= 11 is 3.44. The van der Waals surface area contributed by atoms with Crippen LogP contribution in [0.3, 0.4) is 0 Å². The van der Waals surface area contributed by atoms with Crippen molar-refractivity contribution in [3.05, 3.63) is 28.2 Å². The van der Waals surface area contributed by atoms with Crippen LogP contribution < -0.4 is 5.32 Å². The van der Waals surface area contributed by atoms with Crippen molar-refractivity contribution in [2.75, 3.05) is 6.54 Å². The first-order chi connectivity index (χ1) is 8.66. The van der Waals surface area contributed by atoms with E-state index in [-0.39, 0.29) is 0 Å². The van der Waals surface area contributed by atoms with Crippen LogP contribution in [0.1, 0.15) is 38.2 Å². The molecule has 0 spiro atoms. The Bertz CT molecular complexity index is 394. The normalized spacial score (nSPS) is 24.1. The number of hydrogen-bond acceptors (Lipinski definition) is 2. The summed E-state index contributed by atoms with van der Waals surface area (Å²) in [5.41, 5.74) is 0.966. The number of hydrogen-bond donors (Lipinski definition) is 2. The third kappa shape index (κ3) is 3.72. The van der Waals surface area contributed by atoms with Crippen LogP contribution in [0.2, 0.25) is 0 Å². The Balaban J connectivity index is 1.82. The van der Waals surface area contributed by atoms with Crippen molar-refractivity contribution in [1.29, 1.82) is 0 Å². The first-order valence-corrected chi connectivity index (χ1v) is 7.64. The minimum absolute atomic E-state index is 0.377. The van der Waals surface area contributed by atoms with Crippen LogP contribution in [0, 0.1) is 11.8 Å². The van der Waals surface area contributed by atoms with Gasteiger partial charge in [0.2, 0.25) is 0 Å². The summed E-state index contributed by atoms with van der Waals surface area (Å²) < 4.78 is 1.02. The summed E-state index contributed by atoms with van der Waals surface area (Å²) in [7, 11) is 0. The van der Waals surface area contributed by atoms with E-state index in [0.29, 0.717) is 5.75 Å². The third-order valence-corrected chi connectivity index (χ3v) is 4.55. The van der Waals surface area contributed by atoms with Crippen molar-refractivity contribution in [3.8, 4) is 5.75 Å². The van der Waals surface area contributed by atoms with E-state index in [1.807, 2.05) is 12.1 Å². The van der Waals surface area contributed by atoms with E-state index < -0.39 is 0 Å². The van der Waals surface area contributed by atoms with E-state index in [4.69, 9.17) is 0 Å². The van der Waals surface area contributed by atoms with Crippen LogP contribution in [0.5, 0.6) is 5.75 Å². The fourth-order valence-corrected chi connectivity index (χ4v) is 3.19. The second-order valence-electron chi connectivity index (χ2n) is 5.43. The van der Waals surface area contributed by atoms with Gasteiger partial charge >= 0.3 is 0 Å². The molecule has 2 unspecified atom stereocenters. The highest BCUT2D eigenvalue weighted by Gasteiger charge is 2.20. The molecule has 2 rings (SSSR count). The highest BCUT2D eigenvalue weighted by Crippen LogP contribution is 2.29. The average Bonchev–Trinajstić information content (AvgIpc) is 2.36. The maximum absolute atomic E-state index is 9.76. The number of phenols is 1. The van der Waals surface area contributed by atoms with E-state index in [1.54, 1.807) is 6.07 Å². The van der Waals surface area contributed by atoms with Crippen molar-refractivity contribution < 1.29 is 5.11 Å². The lowest BCUT2D eigenvalue weighted by molar-refractivity contribution is 0.247. The lowest BCUT2D eigenvalue weighted by Gasteiger charge is -2.29. The maximum Gasteiger partial charge on any atom is 0.120 e. The molecule has 1 aromatic rings. The number of benzene rings is 1. The molecule has 2 N–H and O–H groups in total. The number of rotatable bonds is 4. The van der Waals surface area contributed by atoms with Gasteiger partial charge in [-0.2, -0.15) is 0 Å². The van der Waals surface area contributed by atoms with Crippen LogP contribution in [0.4, 0.5) is 0 Å². The fourth-order valence-electron chi connectivity index (χ4n) is 2.78. The molecule has 2 nitrogen and oxygen atoms in total. The molecule has 0 radical (unpaired) electrons. The minimum Gasteiger partial charge on any atom is -0.508 e. The van der Waals surface area contributed by atoms with Crippen LogP contribution in [-0.4, -0.2) is 11.7 Å². The van der Waals surface area contributed by atoms with Crippen molar-refractivity contribution in [2.24, 2.45) is 11.8 Å². The molecule has 3 heteroatoms. The van der Waals surface area contributed by atoms with E-state index in [0.717, 1.165) is 35.0 Å². The quantitative estimate of drug-likeness (QED) is 0.878. The van der Waals surface area contributed by atoms with E-state index in [2.05, 4.69) is 28.2 Å². The average molecular weight is 312 g/mol. The topological polar surface area (TPSA) is 32.3 Å². The molecule has 1 fully saturated rings. The van der Waals surface area contributed by atoms with Crippen LogP contribution in [0.25, 0.3) is 0 Å². The smallest absolute Gasteiger partial charge is 0.120 e. The Morgan fingerprint density at radius 3 is 2.89 bits per heavy atom. The zero-order valence-corrected chi connectivity index (χ0v) is 12.5. The molecule has 0 heterocycles. The van der Waals surface area contributed by atoms with E-state index >= 15 is 0 Å². The Morgan fingerprint density at radius 1 is 1.33 bits per heavy atom. The van der Waals surface area contributed by atoms with Gasteiger partial charge in [0.05, 0.1) is 0 Å². The molecule has 0 bridgehead atoms. The molecule has 0 saturated heterocycles. The second kappa shape index (κ2) is 6.58. The SMILES string of the molecule is CC1CCCCC1CNCc1cc(Br)ccc1O. The van der Waals surface area contributed by atoms with Gasteiger partial charge in [0, 0.05) is 16.6 Å². The largest absolute Gasteiger partial charge is 0.508 e. The van der Waals surface area contributed by atoms with Gasteiger partial charge in [-0.15, -0.1) is 0 Å². The number of aromatic hydroxyl groups is 1. The van der Waals surface area contributed by atoms with Crippen molar-refractivity contribution >= 4 is 15.9 Å². The summed E-state index contributed by atoms with van der Waals surface area (Å²) in [6.45, 7) is 4.17. The Kier molecular flexibility index (Phi) is 5.07. The highest BCUT2D eigenvalue weighted by molar-refractivity contribution is 9.10. The predicted octanol–water partition coefficient (Wildman–Crippen LogP) is 4.07. The van der Waals surface area contributed by atoms with E-state index in [9.17, 15) is 5.11 Å². The zero-order chi connectivity index (χ0) is 13.0. The van der Waals surface area contributed by atoms with Crippen LogP contribution in [-0.2, 0) is 6.54 Å². The van der Waals surface area contributed by atoms with Gasteiger partial charge in [-0.3, -0.25) is 0 Å². The molecular formula is C15H22BrNO. The minimum atomic E-state index is 0.377. The highest BCUT2D eigenvalue weighted by atomic mass is 79.9. The molecule has 1 aromatic carbocycles. The molecular weight excluding hydrogens is 290 g/mol. The third-order valence-electron chi connectivity index (χ3n) is 4.05. The molecule has 2 atom stereocenters. The first kappa shape index (κ1) is 13.9. The molecule has 0 aromatic heterocycles. The Hall–Kier alpha value is -0.540. The molecule has 1 saturated carbocycles. The maximum atomic E-state index is 9.76. The van der Waals surface area contributed by atoms with Gasteiger partial charge in [-0.25, -0.2) is 0 Å². The lowest BCUT2D eigenvalue weighted by Crippen LogP contribution is -2.29. The zero-order valence-electron chi connectivity index (χ0n) is 11.0. The van der Waals surface area contributed by atoms with E-state index in [1.165, 1.54) is 25.7 Å². The van der Waals surface area contributed by atoms with Crippen molar-refractivity contribution in [3.63, 3.8) is 0 Å². The second-order valence-corrected chi connectivity index (χ2v) is 6.34. The summed E-state index contributed by atoms with van der Waals surface area (Å²) in [5.74, 6) is 2.01. The molecule has 0 aliphatic heterocycles. The van der Waals surface area contributed by atoms with Gasteiger partial charge < -0.3 is 10.4 Å². The molecule has 100 valence electrons. The monoisotopic (exact) mass is 311 g/mol. The molecule has 18 heavy (non-hydrogen) atoms. The summed E-state index contributed by atoms with van der Waals surface area (Å²) in [4.78, 5) is 0. The van der Waals surface area contributed by atoms with Gasteiger partial charge in [0.15, 0.2) is 0 Å². The number of nitrogens with one attached hydrogen (secondary N) is 1. The first-order valence-electron chi connectivity index (χ1n) is 6.85. The van der Waals surface area contributed by atoms with Gasteiger partial charge in [-0.1, -0.05) is 42.1 Å². The standard InChI is InChI=1S/C15H22BrNO/c1-11-4-2-3-5-12(11)9-17-10-13-8-14(16)6-7-15(13)18/h6-8,11-12,17-18H,2-5,9-10H2,1H3. The van der Waals surface area contributed by atoms with Gasteiger partial charge in [-0.05, 0) is 43.0 Å². The number of halogens is 1. The summed E-state index contributed by atoms with van der Waals surface area (Å²) in [5, 5.41) is 13.3. The summed E-state index contributed by atoms with van der Waals surface area (Å²) in [6, 6.07) is 5.58. The lowest BCUT2D eigenvalue weighted by atomic mass is 9.80. The molecule has 1 aliphatic carbocycles. The van der Waals surface area contributed by atoms with Crippen LogP contribution >= 0.6 is 15.9 Å². The Labute approximate surface area is 118 Å². The van der Waals surface area contributed by atoms with Gasteiger partial charge in [0.25, 0.3) is 0 Å². The summed E-state index contributed by atoms with van der Waals surface area (Å²) in [6.07, 6.45) is 5.48. The molecule has 1 aliphatic rings. The van der Waals surface area contributed by atoms with Crippen molar-refractivity contribution in [2.45, 2.75) is 39.2 Å². The molecule has 0 amide bonds. The van der Waals surface area contributed by atoms with Crippen LogP contribution in [0.15, 0.2) is 22.7 Å². The number of phenolic OH excluding ortho intramolecular Hbond substituents is 1. The van der Waals surface area contributed by atoms with Gasteiger partial charge in [0.1, 0.15) is 5.75 Å². The van der Waals surface area contributed by atoms with Crippen molar-refractivity contribution in [1.82, 2.24) is 5.32 Å². The predicted molar refractivity (Wildman–Crippen MR) is 78.6 cm³/mol. The Morgan fingerprint density at radius 2 is 2.11 bits per heavy atom. The fraction of sp³-hybridized carbons (Fsp3) is 0.600.